The number of rotatable bonds is 5. The van der Waals surface area contributed by atoms with Gasteiger partial charge in [0, 0.05) is 24.2 Å². The van der Waals surface area contributed by atoms with Crippen LogP contribution in [0.25, 0.3) is 0 Å². The van der Waals surface area contributed by atoms with Crippen LogP contribution in [-0.4, -0.2) is 23.9 Å². The summed E-state index contributed by atoms with van der Waals surface area (Å²) in [5, 5.41) is 2.85. The minimum atomic E-state index is -0.495. The van der Waals surface area contributed by atoms with Crippen molar-refractivity contribution in [1.29, 1.82) is 0 Å². The van der Waals surface area contributed by atoms with Crippen LogP contribution in [0.4, 0.5) is 5.69 Å². The normalized spacial score (nSPS) is 20.4. The zero-order chi connectivity index (χ0) is 17.8. The molecule has 2 aromatic carbocycles. The first-order valence-electron chi connectivity index (χ1n) is 8.54. The molecule has 3 unspecified atom stereocenters. The van der Waals surface area contributed by atoms with Gasteiger partial charge in [0.1, 0.15) is 6.04 Å². The number of nitrogens with zero attached hydrogens (tertiary/aromatic N) is 1. The summed E-state index contributed by atoms with van der Waals surface area (Å²) in [5.74, 6) is -0.267. The number of nitrogens with one attached hydrogen (secondary N) is 1. The standard InChI is InChI=1S/C20H23N3O2.ClH/c1-14-12-18(20(25)23(14)16-10-6-3-7-11-16)22-19(24)13-17(21)15-8-4-2-5-9-15;/h2-11,14,17-18H,12-13,21H2,1H3,(H,22,24);1H. The van der Waals surface area contributed by atoms with Gasteiger partial charge in [-0.3, -0.25) is 9.59 Å². The number of nitrogens with two attached hydrogens (primary N) is 1. The van der Waals surface area contributed by atoms with E-state index in [-0.39, 0.29) is 42.7 Å². The minimum Gasteiger partial charge on any atom is -0.344 e. The van der Waals surface area contributed by atoms with Gasteiger partial charge in [0.25, 0.3) is 0 Å². The van der Waals surface area contributed by atoms with Gasteiger partial charge in [0.15, 0.2) is 0 Å². The van der Waals surface area contributed by atoms with Gasteiger partial charge < -0.3 is 16.0 Å². The molecule has 1 saturated heterocycles. The van der Waals surface area contributed by atoms with Gasteiger partial charge in [-0.25, -0.2) is 0 Å². The van der Waals surface area contributed by atoms with Crippen LogP contribution in [0.15, 0.2) is 60.7 Å². The molecule has 0 aromatic heterocycles. The lowest BCUT2D eigenvalue weighted by atomic mass is 10.0. The summed E-state index contributed by atoms with van der Waals surface area (Å²) in [6, 6.07) is 18.2. The van der Waals surface area contributed by atoms with E-state index in [1.54, 1.807) is 4.90 Å². The summed E-state index contributed by atoms with van der Waals surface area (Å²) in [6.45, 7) is 1.99. The number of hydrogen-bond acceptors (Lipinski definition) is 3. The molecule has 5 nitrogen and oxygen atoms in total. The van der Waals surface area contributed by atoms with Crippen LogP contribution >= 0.6 is 12.4 Å². The van der Waals surface area contributed by atoms with Crippen LogP contribution in [0.5, 0.6) is 0 Å². The molecular formula is C20H24ClN3O2. The van der Waals surface area contributed by atoms with E-state index in [0.29, 0.717) is 6.42 Å². The van der Waals surface area contributed by atoms with E-state index in [4.69, 9.17) is 5.73 Å². The molecule has 0 aliphatic carbocycles. The van der Waals surface area contributed by atoms with Gasteiger partial charge in [-0.05, 0) is 31.0 Å². The first-order chi connectivity index (χ1) is 12.1. The highest BCUT2D eigenvalue weighted by molar-refractivity contribution is 6.02. The highest BCUT2D eigenvalue weighted by Crippen LogP contribution is 2.26. The van der Waals surface area contributed by atoms with Crippen molar-refractivity contribution >= 4 is 29.9 Å². The van der Waals surface area contributed by atoms with Crippen molar-refractivity contribution in [2.75, 3.05) is 4.90 Å². The summed E-state index contributed by atoms with van der Waals surface area (Å²) in [4.78, 5) is 26.8. The van der Waals surface area contributed by atoms with Crippen molar-refractivity contribution in [2.45, 2.75) is 37.9 Å². The molecular weight excluding hydrogens is 350 g/mol. The summed E-state index contributed by atoms with van der Waals surface area (Å²) >= 11 is 0. The second kappa shape index (κ2) is 8.83. The molecule has 1 aliphatic rings. The zero-order valence-corrected chi connectivity index (χ0v) is 15.5. The molecule has 3 atom stereocenters. The number of halogens is 1. The Morgan fingerprint density at radius 2 is 1.73 bits per heavy atom. The third-order valence-corrected chi connectivity index (χ3v) is 4.56. The van der Waals surface area contributed by atoms with Crippen molar-refractivity contribution in [3.63, 3.8) is 0 Å². The number of benzene rings is 2. The summed E-state index contributed by atoms with van der Waals surface area (Å²) in [6.07, 6.45) is 0.757. The van der Waals surface area contributed by atoms with E-state index < -0.39 is 6.04 Å². The number of hydrogen-bond donors (Lipinski definition) is 2. The second-order valence-electron chi connectivity index (χ2n) is 6.47. The predicted molar refractivity (Wildman–Crippen MR) is 105 cm³/mol. The van der Waals surface area contributed by atoms with E-state index in [1.807, 2.05) is 67.6 Å². The van der Waals surface area contributed by atoms with E-state index in [1.165, 1.54) is 0 Å². The van der Waals surface area contributed by atoms with Crippen LogP contribution < -0.4 is 16.0 Å². The van der Waals surface area contributed by atoms with Crippen molar-refractivity contribution in [2.24, 2.45) is 5.73 Å². The molecule has 0 spiro atoms. The Morgan fingerprint density at radius 3 is 2.35 bits per heavy atom. The van der Waals surface area contributed by atoms with Gasteiger partial charge >= 0.3 is 0 Å². The quantitative estimate of drug-likeness (QED) is 0.846. The third-order valence-electron chi connectivity index (χ3n) is 4.56. The van der Waals surface area contributed by atoms with Gasteiger partial charge in [-0.1, -0.05) is 48.5 Å². The Morgan fingerprint density at radius 1 is 1.15 bits per heavy atom. The fourth-order valence-corrected chi connectivity index (χ4v) is 3.29. The monoisotopic (exact) mass is 373 g/mol. The van der Waals surface area contributed by atoms with Crippen molar-refractivity contribution in [3.8, 4) is 0 Å². The van der Waals surface area contributed by atoms with Crippen LogP contribution in [0.3, 0.4) is 0 Å². The average Bonchev–Trinajstić information content (AvgIpc) is 2.89. The van der Waals surface area contributed by atoms with Gasteiger partial charge in [-0.15, -0.1) is 12.4 Å². The number of carbonyl (C=O) groups excluding carboxylic acids is 2. The lowest BCUT2D eigenvalue weighted by Gasteiger charge is -2.21. The van der Waals surface area contributed by atoms with Crippen molar-refractivity contribution in [3.05, 3.63) is 66.2 Å². The number of carbonyl (C=O) groups is 2. The maximum Gasteiger partial charge on any atom is 0.249 e. The SMILES string of the molecule is CC1CC(NC(=O)CC(N)c2ccccc2)C(=O)N1c1ccccc1.Cl. The largest absolute Gasteiger partial charge is 0.344 e. The van der Waals surface area contributed by atoms with Crippen molar-refractivity contribution < 1.29 is 9.59 Å². The number of para-hydroxylation sites is 1. The molecule has 26 heavy (non-hydrogen) atoms. The molecule has 3 rings (SSSR count). The highest BCUT2D eigenvalue weighted by atomic mass is 35.5. The summed E-state index contributed by atoms with van der Waals surface area (Å²) in [5.41, 5.74) is 7.87. The summed E-state index contributed by atoms with van der Waals surface area (Å²) in [7, 11) is 0. The maximum absolute atomic E-state index is 12.7. The lowest BCUT2D eigenvalue weighted by molar-refractivity contribution is -0.126. The molecule has 3 N–H and O–H groups in total. The van der Waals surface area contributed by atoms with E-state index in [9.17, 15) is 9.59 Å². The molecule has 2 aromatic rings. The predicted octanol–water partition coefficient (Wildman–Crippen LogP) is 2.81. The van der Waals surface area contributed by atoms with Gasteiger partial charge in [0.2, 0.25) is 11.8 Å². The fourth-order valence-electron chi connectivity index (χ4n) is 3.29. The molecule has 1 aliphatic heterocycles. The average molecular weight is 374 g/mol. The van der Waals surface area contributed by atoms with Crippen LogP contribution in [0.1, 0.15) is 31.4 Å². The van der Waals surface area contributed by atoms with E-state index in [0.717, 1.165) is 11.3 Å². The Hall–Kier alpha value is -2.37. The molecule has 0 radical (unpaired) electrons. The number of anilines is 1. The zero-order valence-electron chi connectivity index (χ0n) is 14.7. The fraction of sp³-hybridized carbons (Fsp3) is 0.300. The molecule has 0 saturated carbocycles. The molecule has 0 bridgehead atoms. The van der Waals surface area contributed by atoms with E-state index in [2.05, 4.69) is 5.32 Å². The van der Waals surface area contributed by atoms with Crippen LogP contribution in [0, 0.1) is 0 Å². The molecule has 1 heterocycles. The second-order valence-corrected chi connectivity index (χ2v) is 6.47. The van der Waals surface area contributed by atoms with Gasteiger partial charge in [-0.2, -0.15) is 0 Å². The lowest BCUT2D eigenvalue weighted by Crippen LogP contribution is -2.42. The molecule has 138 valence electrons. The first kappa shape index (κ1) is 19.9. The Labute approximate surface area is 160 Å². The summed E-state index contributed by atoms with van der Waals surface area (Å²) < 4.78 is 0. The van der Waals surface area contributed by atoms with Crippen LogP contribution in [-0.2, 0) is 9.59 Å². The minimum absolute atomic E-state index is 0. The highest BCUT2D eigenvalue weighted by Gasteiger charge is 2.38. The Balaban J connectivity index is 0.00000243. The Bertz CT molecular complexity index is 739. The van der Waals surface area contributed by atoms with Crippen LogP contribution in [0.2, 0.25) is 0 Å². The topological polar surface area (TPSA) is 75.4 Å². The van der Waals surface area contributed by atoms with Crippen molar-refractivity contribution in [1.82, 2.24) is 5.32 Å². The third kappa shape index (κ3) is 4.42. The Kier molecular flexibility index (Phi) is 6.77. The van der Waals surface area contributed by atoms with Gasteiger partial charge in [0.05, 0.1) is 0 Å². The first-order valence-corrected chi connectivity index (χ1v) is 8.54. The van der Waals surface area contributed by atoms with E-state index >= 15 is 0 Å². The molecule has 1 fully saturated rings. The number of amides is 2. The maximum atomic E-state index is 12.7. The molecule has 6 heteroatoms. The molecule has 2 amide bonds. The smallest absolute Gasteiger partial charge is 0.249 e.